The number of nitrogens with two attached hydrogens (primary N) is 1. The topological polar surface area (TPSA) is 75.9 Å². The molecule has 4 aromatic rings. The molecule has 0 aliphatic carbocycles. The van der Waals surface area contributed by atoms with E-state index in [2.05, 4.69) is 36.5 Å². The van der Waals surface area contributed by atoms with Gasteiger partial charge in [-0.2, -0.15) is 0 Å². The van der Waals surface area contributed by atoms with Gasteiger partial charge in [0.15, 0.2) is 11.6 Å². The Morgan fingerprint density at radius 2 is 1.56 bits per heavy atom. The summed E-state index contributed by atoms with van der Waals surface area (Å²) in [5.74, 6) is 0.362. The van der Waals surface area contributed by atoms with Crippen LogP contribution in [0.3, 0.4) is 0 Å². The van der Waals surface area contributed by atoms with Crippen molar-refractivity contribution in [3.8, 4) is 0 Å². The molecule has 0 saturated heterocycles. The Morgan fingerprint density at radius 1 is 0.852 bits per heavy atom. The Bertz CT molecular complexity index is 1130. The van der Waals surface area contributed by atoms with Gasteiger partial charge in [-0.15, -0.1) is 0 Å². The molecule has 0 amide bonds. The van der Waals surface area contributed by atoms with E-state index < -0.39 is 5.82 Å². The van der Waals surface area contributed by atoms with Crippen LogP contribution in [0.25, 0.3) is 10.8 Å². The van der Waals surface area contributed by atoms with Crippen LogP contribution in [0, 0.1) is 5.82 Å². The molecule has 0 fully saturated rings. The highest BCUT2D eigenvalue weighted by atomic mass is 79.9. The van der Waals surface area contributed by atoms with Crippen molar-refractivity contribution < 1.29 is 4.39 Å². The Balaban J connectivity index is 1.67. The maximum absolute atomic E-state index is 14.1. The maximum atomic E-state index is 14.1. The number of halogens is 2. The Kier molecular flexibility index (Phi) is 4.60. The van der Waals surface area contributed by atoms with Crippen molar-refractivity contribution in [2.24, 2.45) is 0 Å². The van der Waals surface area contributed by atoms with Gasteiger partial charge in [-0.1, -0.05) is 52.3 Å². The number of hydrogen-bond donors (Lipinski definition) is 3. The van der Waals surface area contributed by atoms with Gasteiger partial charge < -0.3 is 16.4 Å². The molecular weight excluding hydrogens is 409 g/mol. The van der Waals surface area contributed by atoms with Crippen molar-refractivity contribution in [1.29, 1.82) is 0 Å². The highest BCUT2D eigenvalue weighted by molar-refractivity contribution is 9.10. The lowest BCUT2D eigenvalue weighted by molar-refractivity contribution is 0.631. The molecule has 0 bridgehead atoms. The number of rotatable bonds is 4. The van der Waals surface area contributed by atoms with E-state index in [0.717, 1.165) is 16.5 Å². The van der Waals surface area contributed by atoms with Crippen LogP contribution in [-0.2, 0) is 0 Å². The molecule has 0 spiro atoms. The third-order valence-corrected chi connectivity index (χ3v) is 4.60. The minimum atomic E-state index is -0.411. The third-order valence-electron chi connectivity index (χ3n) is 4.11. The van der Waals surface area contributed by atoms with Gasteiger partial charge in [0.1, 0.15) is 17.8 Å². The zero-order chi connectivity index (χ0) is 18.8. The van der Waals surface area contributed by atoms with Gasteiger partial charge in [-0.25, -0.2) is 14.4 Å². The lowest BCUT2D eigenvalue weighted by Gasteiger charge is -2.14. The van der Waals surface area contributed by atoms with Crippen LogP contribution in [-0.4, -0.2) is 9.97 Å². The molecule has 0 saturated carbocycles. The summed E-state index contributed by atoms with van der Waals surface area (Å²) >= 11 is 3.24. The fourth-order valence-electron chi connectivity index (χ4n) is 2.78. The lowest BCUT2D eigenvalue weighted by atomic mass is 10.1. The predicted molar refractivity (Wildman–Crippen MR) is 111 cm³/mol. The first-order valence-electron chi connectivity index (χ1n) is 8.19. The summed E-state index contributed by atoms with van der Waals surface area (Å²) in [4.78, 5) is 8.37. The van der Waals surface area contributed by atoms with Gasteiger partial charge in [-0.3, -0.25) is 0 Å². The first-order chi connectivity index (χ1) is 13.1. The van der Waals surface area contributed by atoms with E-state index in [9.17, 15) is 4.39 Å². The van der Waals surface area contributed by atoms with Gasteiger partial charge in [-0.05, 0) is 29.7 Å². The molecule has 0 unspecified atom stereocenters. The molecule has 0 aliphatic heterocycles. The minimum Gasteiger partial charge on any atom is -0.393 e. The summed E-state index contributed by atoms with van der Waals surface area (Å²) in [6.45, 7) is 0. The van der Waals surface area contributed by atoms with Crippen LogP contribution in [0.15, 0.2) is 71.5 Å². The zero-order valence-corrected chi connectivity index (χ0v) is 15.7. The second-order valence-corrected chi connectivity index (χ2v) is 6.80. The fourth-order valence-corrected chi connectivity index (χ4v) is 3.11. The zero-order valence-electron chi connectivity index (χ0n) is 14.1. The van der Waals surface area contributed by atoms with Crippen LogP contribution in [0.1, 0.15) is 0 Å². The van der Waals surface area contributed by atoms with Gasteiger partial charge in [0.25, 0.3) is 0 Å². The van der Waals surface area contributed by atoms with E-state index in [1.165, 1.54) is 12.4 Å². The summed E-state index contributed by atoms with van der Waals surface area (Å²) < 4.78 is 14.7. The molecule has 3 aromatic carbocycles. The SMILES string of the molecule is Nc1c(Nc2ccc(Br)cc2F)ncnc1Nc1cccc2ccccc12. The van der Waals surface area contributed by atoms with Crippen LogP contribution in [0.2, 0.25) is 0 Å². The number of nitrogens with zero attached hydrogens (tertiary/aromatic N) is 2. The number of nitrogen functional groups attached to an aromatic ring is 1. The number of fused-ring (bicyclic) bond motifs is 1. The second-order valence-electron chi connectivity index (χ2n) is 5.89. The van der Waals surface area contributed by atoms with E-state index in [1.807, 2.05) is 42.5 Å². The molecule has 5 nitrogen and oxygen atoms in total. The Hall–Kier alpha value is -3.19. The van der Waals surface area contributed by atoms with Gasteiger partial charge in [0.2, 0.25) is 0 Å². The number of benzene rings is 3. The van der Waals surface area contributed by atoms with Crippen LogP contribution in [0.5, 0.6) is 0 Å². The molecule has 4 N–H and O–H groups in total. The van der Waals surface area contributed by atoms with Crippen molar-refractivity contribution in [2.45, 2.75) is 0 Å². The average molecular weight is 424 g/mol. The first kappa shape index (κ1) is 17.2. The predicted octanol–water partition coefficient (Wildman–Crippen LogP) is 5.60. The molecule has 0 atom stereocenters. The van der Waals surface area contributed by atoms with E-state index in [-0.39, 0.29) is 5.69 Å². The number of nitrogens with one attached hydrogen (secondary N) is 2. The summed E-state index contributed by atoms with van der Waals surface area (Å²) in [7, 11) is 0. The van der Waals surface area contributed by atoms with Crippen molar-refractivity contribution in [3.05, 3.63) is 77.3 Å². The van der Waals surface area contributed by atoms with Crippen molar-refractivity contribution in [2.75, 3.05) is 16.4 Å². The van der Waals surface area contributed by atoms with E-state index in [0.29, 0.717) is 21.8 Å². The van der Waals surface area contributed by atoms with E-state index in [4.69, 9.17) is 5.73 Å². The molecule has 4 rings (SSSR count). The fraction of sp³-hybridized carbons (Fsp3) is 0. The number of aromatic nitrogens is 2. The molecule has 0 radical (unpaired) electrons. The summed E-state index contributed by atoms with van der Waals surface area (Å²) in [6.07, 6.45) is 1.38. The van der Waals surface area contributed by atoms with Crippen molar-refractivity contribution >= 4 is 55.4 Å². The maximum Gasteiger partial charge on any atom is 0.159 e. The van der Waals surface area contributed by atoms with Gasteiger partial charge >= 0.3 is 0 Å². The number of anilines is 5. The van der Waals surface area contributed by atoms with Gasteiger partial charge in [0, 0.05) is 15.5 Å². The minimum absolute atomic E-state index is 0.278. The smallest absolute Gasteiger partial charge is 0.159 e. The molecule has 1 aromatic heterocycles. The average Bonchev–Trinajstić information content (AvgIpc) is 2.67. The van der Waals surface area contributed by atoms with E-state index >= 15 is 0 Å². The largest absolute Gasteiger partial charge is 0.393 e. The highest BCUT2D eigenvalue weighted by Crippen LogP contribution is 2.32. The first-order valence-corrected chi connectivity index (χ1v) is 8.98. The Labute approximate surface area is 163 Å². The molecule has 1 heterocycles. The Morgan fingerprint density at radius 3 is 2.33 bits per heavy atom. The normalized spacial score (nSPS) is 10.7. The van der Waals surface area contributed by atoms with Crippen LogP contribution >= 0.6 is 15.9 Å². The second kappa shape index (κ2) is 7.20. The standard InChI is InChI=1S/C20H15BrFN5/c21-13-8-9-17(15(22)10-13)27-20-18(23)19(24-11-25-20)26-16-7-3-5-12-4-1-2-6-14(12)16/h1-11H,23H2,(H2,24,25,26,27). The van der Waals surface area contributed by atoms with Crippen LogP contribution < -0.4 is 16.4 Å². The van der Waals surface area contributed by atoms with Crippen molar-refractivity contribution in [1.82, 2.24) is 9.97 Å². The summed E-state index contributed by atoms with van der Waals surface area (Å²) in [5, 5.41) is 8.32. The third kappa shape index (κ3) is 3.54. The quantitative estimate of drug-likeness (QED) is 0.398. The molecule has 134 valence electrons. The molecule has 0 aliphatic rings. The van der Waals surface area contributed by atoms with E-state index in [1.54, 1.807) is 12.1 Å². The summed E-state index contributed by atoms with van der Waals surface area (Å²) in [5.41, 5.74) is 7.67. The summed E-state index contributed by atoms with van der Waals surface area (Å²) in [6, 6.07) is 18.7. The van der Waals surface area contributed by atoms with Crippen molar-refractivity contribution in [3.63, 3.8) is 0 Å². The number of hydrogen-bond acceptors (Lipinski definition) is 5. The van der Waals surface area contributed by atoms with Gasteiger partial charge in [0.05, 0.1) is 5.69 Å². The molecular formula is C20H15BrFN5. The molecule has 7 heteroatoms. The monoisotopic (exact) mass is 423 g/mol. The lowest BCUT2D eigenvalue weighted by Crippen LogP contribution is -2.06. The highest BCUT2D eigenvalue weighted by Gasteiger charge is 2.12. The molecule has 27 heavy (non-hydrogen) atoms. The van der Waals surface area contributed by atoms with Crippen LogP contribution in [0.4, 0.5) is 33.1 Å².